The summed E-state index contributed by atoms with van der Waals surface area (Å²) in [5, 5.41) is 3.44. The standard InChI is InChI=1S/C22H33N5O2/c1-4-25(5-2)17-12-15-26(16-17)22(23-3)24-13-8-9-14-27-20(28)18-10-6-7-11-19(18)21(27)29/h6-7,10-11,17H,4-5,8-9,12-16H2,1-3H3,(H,23,24). The Kier molecular flexibility index (Phi) is 7.25. The first-order chi connectivity index (χ1) is 14.1. The van der Waals surface area contributed by atoms with E-state index in [0.717, 1.165) is 51.5 Å². The summed E-state index contributed by atoms with van der Waals surface area (Å²) in [6.45, 7) is 9.87. The molecular weight excluding hydrogens is 366 g/mol. The lowest BCUT2D eigenvalue weighted by atomic mass is 10.1. The van der Waals surface area contributed by atoms with Gasteiger partial charge < -0.3 is 10.2 Å². The Morgan fingerprint density at radius 3 is 2.38 bits per heavy atom. The first kappa shape index (κ1) is 21.3. The molecule has 1 saturated heterocycles. The number of benzene rings is 1. The molecule has 2 aliphatic heterocycles. The lowest BCUT2D eigenvalue weighted by Crippen LogP contribution is -2.43. The van der Waals surface area contributed by atoms with Gasteiger partial charge in [-0.2, -0.15) is 0 Å². The molecule has 0 bridgehead atoms. The Hall–Kier alpha value is -2.41. The van der Waals surface area contributed by atoms with Crippen LogP contribution in [0, 0.1) is 0 Å². The summed E-state index contributed by atoms with van der Waals surface area (Å²) in [6.07, 6.45) is 2.82. The summed E-state index contributed by atoms with van der Waals surface area (Å²) < 4.78 is 0. The number of imide groups is 1. The Morgan fingerprint density at radius 1 is 1.14 bits per heavy atom. The van der Waals surface area contributed by atoms with E-state index in [1.807, 2.05) is 7.05 Å². The molecule has 1 unspecified atom stereocenters. The Balaban J connectivity index is 1.40. The van der Waals surface area contributed by atoms with Gasteiger partial charge in [0.2, 0.25) is 0 Å². The second-order valence-electron chi connectivity index (χ2n) is 7.60. The van der Waals surface area contributed by atoms with Crippen molar-refractivity contribution in [3.05, 3.63) is 35.4 Å². The second-order valence-corrected chi connectivity index (χ2v) is 7.60. The zero-order chi connectivity index (χ0) is 20.8. The van der Waals surface area contributed by atoms with Gasteiger partial charge in [-0.05, 0) is 44.5 Å². The van der Waals surface area contributed by atoms with Gasteiger partial charge in [0.1, 0.15) is 0 Å². The predicted molar refractivity (Wildman–Crippen MR) is 115 cm³/mol. The zero-order valence-electron chi connectivity index (χ0n) is 17.9. The van der Waals surface area contributed by atoms with Crippen LogP contribution < -0.4 is 5.32 Å². The number of hydrogen-bond donors (Lipinski definition) is 1. The van der Waals surface area contributed by atoms with Crippen molar-refractivity contribution in [2.24, 2.45) is 4.99 Å². The number of fused-ring (bicyclic) bond motifs is 1. The summed E-state index contributed by atoms with van der Waals surface area (Å²) in [4.78, 5) is 35.4. The SMILES string of the molecule is CCN(CC)C1CCN(C(=NC)NCCCCN2C(=O)c3ccccc3C2=O)C1. The third kappa shape index (κ3) is 4.61. The minimum absolute atomic E-state index is 0.172. The molecule has 0 aromatic heterocycles. The lowest BCUT2D eigenvalue weighted by molar-refractivity contribution is 0.0652. The topological polar surface area (TPSA) is 68.2 Å². The smallest absolute Gasteiger partial charge is 0.261 e. The molecule has 1 atom stereocenters. The Labute approximate surface area is 173 Å². The van der Waals surface area contributed by atoms with Gasteiger partial charge in [0.15, 0.2) is 5.96 Å². The second kappa shape index (κ2) is 9.87. The number of carbonyl (C=O) groups excluding carboxylic acids is 2. The molecule has 1 aromatic rings. The maximum Gasteiger partial charge on any atom is 0.261 e. The van der Waals surface area contributed by atoms with Crippen LogP contribution in [0.5, 0.6) is 0 Å². The van der Waals surface area contributed by atoms with E-state index in [9.17, 15) is 9.59 Å². The lowest BCUT2D eigenvalue weighted by Gasteiger charge is -2.27. The number of unbranched alkanes of at least 4 members (excludes halogenated alkanes) is 1. The third-order valence-corrected chi connectivity index (χ3v) is 5.97. The minimum Gasteiger partial charge on any atom is -0.356 e. The highest BCUT2D eigenvalue weighted by Gasteiger charge is 2.34. The van der Waals surface area contributed by atoms with Gasteiger partial charge in [0, 0.05) is 39.3 Å². The van der Waals surface area contributed by atoms with Crippen molar-refractivity contribution >= 4 is 17.8 Å². The van der Waals surface area contributed by atoms with Gasteiger partial charge >= 0.3 is 0 Å². The van der Waals surface area contributed by atoms with Crippen molar-refractivity contribution in [2.75, 3.05) is 46.3 Å². The number of nitrogens with zero attached hydrogens (tertiary/aromatic N) is 4. The van der Waals surface area contributed by atoms with E-state index in [1.165, 1.54) is 11.3 Å². The molecule has 2 aliphatic rings. The molecule has 0 aliphatic carbocycles. The van der Waals surface area contributed by atoms with Crippen LogP contribution in [0.15, 0.2) is 29.3 Å². The summed E-state index contributed by atoms with van der Waals surface area (Å²) in [7, 11) is 1.83. The first-order valence-electron chi connectivity index (χ1n) is 10.8. The van der Waals surface area contributed by atoms with E-state index in [1.54, 1.807) is 24.3 Å². The van der Waals surface area contributed by atoms with Crippen LogP contribution in [-0.2, 0) is 0 Å². The predicted octanol–water partition coefficient (Wildman–Crippen LogP) is 2.05. The number of guanidine groups is 1. The number of aliphatic imine (C=N–C) groups is 1. The molecule has 1 fully saturated rings. The van der Waals surface area contributed by atoms with Crippen molar-refractivity contribution in [3.63, 3.8) is 0 Å². The minimum atomic E-state index is -0.172. The van der Waals surface area contributed by atoms with Gasteiger partial charge in [0.25, 0.3) is 11.8 Å². The number of rotatable bonds is 8. The maximum atomic E-state index is 12.4. The Morgan fingerprint density at radius 2 is 1.79 bits per heavy atom. The van der Waals surface area contributed by atoms with Crippen molar-refractivity contribution in [2.45, 2.75) is 39.2 Å². The van der Waals surface area contributed by atoms with Crippen molar-refractivity contribution < 1.29 is 9.59 Å². The molecule has 2 heterocycles. The maximum absolute atomic E-state index is 12.4. The molecule has 158 valence electrons. The van der Waals surface area contributed by atoms with Crippen molar-refractivity contribution in [1.82, 2.24) is 20.0 Å². The van der Waals surface area contributed by atoms with Crippen LogP contribution in [0.25, 0.3) is 0 Å². The molecule has 0 saturated carbocycles. The molecule has 7 heteroatoms. The van der Waals surface area contributed by atoms with E-state index in [-0.39, 0.29) is 11.8 Å². The monoisotopic (exact) mass is 399 g/mol. The fourth-order valence-corrected chi connectivity index (χ4v) is 4.34. The third-order valence-electron chi connectivity index (χ3n) is 5.97. The van der Waals surface area contributed by atoms with Gasteiger partial charge in [-0.25, -0.2) is 0 Å². The number of carbonyl (C=O) groups is 2. The van der Waals surface area contributed by atoms with E-state index < -0.39 is 0 Å². The summed E-state index contributed by atoms with van der Waals surface area (Å²) >= 11 is 0. The van der Waals surface area contributed by atoms with Crippen LogP contribution in [0.3, 0.4) is 0 Å². The molecule has 0 spiro atoms. The summed E-state index contributed by atoms with van der Waals surface area (Å²) in [6, 6.07) is 7.64. The number of likely N-dealkylation sites (tertiary alicyclic amines) is 1. The molecule has 3 rings (SSSR count). The molecular formula is C22H33N5O2. The van der Waals surface area contributed by atoms with Crippen LogP contribution in [0.2, 0.25) is 0 Å². The van der Waals surface area contributed by atoms with Gasteiger partial charge in [0.05, 0.1) is 11.1 Å². The highest BCUT2D eigenvalue weighted by Crippen LogP contribution is 2.22. The highest BCUT2D eigenvalue weighted by molar-refractivity contribution is 6.21. The van der Waals surface area contributed by atoms with Crippen LogP contribution >= 0.6 is 0 Å². The van der Waals surface area contributed by atoms with Crippen molar-refractivity contribution in [1.29, 1.82) is 0 Å². The normalized spacial score (nSPS) is 19.4. The first-order valence-corrected chi connectivity index (χ1v) is 10.8. The average Bonchev–Trinajstić information content (AvgIpc) is 3.31. The van der Waals surface area contributed by atoms with Crippen LogP contribution in [0.1, 0.15) is 53.8 Å². The van der Waals surface area contributed by atoms with Crippen LogP contribution in [0.4, 0.5) is 0 Å². The molecule has 0 radical (unpaired) electrons. The number of hydrogen-bond acceptors (Lipinski definition) is 4. The Bertz CT molecular complexity index is 724. The molecule has 2 amide bonds. The molecule has 7 nitrogen and oxygen atoms in total. The largest absolute Gasteiger partial charge is 0.356 e. The highest BCUT2D eigenvalue weighted by atomic mass is 16.2. The van der Waals surface area contributed by atoms with E-state index >= 15 is 0 Å². The van der Waals surface area contributed by atoms with Crippen LogP contribution in [-0.4, -0.2) is 84.8 Å². The molecule has 29 heavy (non-hydrogen) atoms. The summed E-state index contributed by atoms with van der Waals surface area (Å²) in [5.74, 6) is 0.600. The molecule has 1 N–H and O–H groups in total. The van der Waals surface area contributed by atoms with E-state index in [2.05, 4.69) is 34.0 Å². The van der Waals surface area contributed by atoms with Gasteiger partial charge in [-0.15, -0.1) is 0 Å². The van der Waals surface area contributed by atoms with E-state index in [0.29, 0.717) is 23.7 Å². The molecule has 1 aromatic carbocycles. The zero-order valence-corrected chi connectivity index (χ0v) is 17.9. The van der Waals surface area contributed by atoms with E-state index in [4.69, 9.17) is 0 Å². The fourth-order valence-electron chi connectivity index (χ4n) is 4.34. The fraction of sp³-hybridized carbons (Fsp3) is 0.591. The summed E-state index contributed by atoms with van der Waals surface area (Å²) in [5.41, 5.74) is 1.04. The van der Waals surface area contributed by atoms with Gasteiger partial charge in [-0.3, -0.25) is 24.4 Å². The number of amides is 2. The number of nitrogens with one attached hydrogen (secondary N) is 1. The number of likely N-dealkylation sites (N-methyl/N-ethyl adjacent to an activating group) is 1. The quantitative estimate of drug-likeness (QED) is 0.314. The average molecular weight is 400 g/mol. The van der Waals surface area contributed by atoms with Crippen molar-refractivity contribution in [3.8, 4) is 0 Å². The van der Waals surface area contributed by atoms with Gasteiger partial charge in [-0.1, -0.05) is 26.0 Å².